The topological polar surface area (TPSA) is 12.0 Å². The number of thiophene rings is 1. The standard InChI is InChI=1S/C7H11NS.C2H6/c1-6-3-4-9-7(6)5-8-2;1-2/h3-4,8H,5H2,1-2H3;1-2H3. The third kappa shape index (κ3) is 3.54. The number of hydrogen-bond donors (Lipinski definition) is 1. The Morgan fingerprint density at radius 3 is 2.45 bits per heavy atom. The van der Waals surface area contributed by atoms with Crippen molar-refractivity contribution in [1.82, 2.24) is 5.32 Å². The lowest BCUT2D eigenvalue weighted by Gasteiger charge is -1.94. The van der Waals surface area contributed by atoms with Crippen LogP contribution in [-0.4, -0.2) is 7.05 Å². The summed E-state index contributed by atoms with van der Waals surface area (Å²) in [6.07, 6.45) is 0. The number of rotatable bonds is 2. The Labute approximate surface area is 73.5 Å². The van der Waals surface area contributed by atoms with Gasteiger partial charge in [0, 0.05) is 11.4 Å². The highest BCUT2D eigenvalue weighted by Crippen LogP contribution is 2.14. The van der Waals surface area contributed by atoms with Gasteiger partial charge in [0.15, 0.2) is 0 Å². The Hall–Kier alpha value is -0.340. The molecule has 0 aliphatic carbocycles. The first-order valence-corrected chi connectivity index (χ1v) is 4.90. The van der Waals surface area contributed by atoms with Gasteiger partial charge in [-0.1, -0.05) is 13.8 Å². The molecule has 0 atom stereocenters. The minimum Gasteiger partial charge on any atom is -0.315 e. The summed E-state index contributed by atoms with van der Waals surface area (Å²) in [5.41, 5.74) is 1.40. The summed E-state index contributed by atoms with van der Waals surface area (Å²) in [5, 5.41) is 5.25. The van der Waals surface area contributed by atoms with E-state index in [-0.39, 0.29) is 0 Å². The predicted molar refractivity (Wildman–Crippen MR) is 53.2 cm³/mol. The van der Waals surface area contributed by atoms with E-state index in [1.807, 2.05) is 32.2 Å². The first-order chi connectivity index (χ1) is 5.34. The van der Waals surface area contributed by atoms with Gasteiger partial charge in [0.05, 0.1) is 0 Å². The predicted octanol–water partition coefficient (Wildman–Crippen LogP) is 2.80. The molecule has 0 bridgehead atoms. The van der Waals surface area contributed by atoms with Crippen molar-refractivity contribution in [2.75, 3.05) is 7.05 Å². The van der Waals surface area contributed by atoms with Gasteiger partial charge in [-0.3, -0.25) is 0 Å². The Morgan fingerprint density at radius 1 is 1.45 bits per heavy atom. The lowest BCUT2D eigenvalue weighted by atomic mass is 10.3. The molecule has 1 aromatic rings. The molecule has 2 heteroatoms. The fourth-order valence-corrected chi connectivity index (χ4v) is 1.66. The smallest absolute Gasteiger partial charge is 0.0299 e. The lowest BCUT2D eigenvalue weighted by molar-refractivity contribution is 0.827. The number of hydrogen-bond acceptors (Lipinski definition) is 2. The Morgan fingerprint density at radius 2 is 2.09 bits per heavy atom. The molecule has 1 rings (SSSR count). The molecule has 11 heavy (non-hydrogen) atoms. The second-order valence-electron chi connectivity index (χ2n) is 2.06. The molecule has 1 nitrogen and oxygen atoms in total. The highest BCUT2D eigenvalue weighted by Gasteiger charge is 1.94. The van der Waals surface area contributed by atoms with E-state index in [0.29, 0.717) is 0 Å². The molecule has 0 aromatic carbocycles. The van der Waals surface area contributed by atoms with Crippen LogP contribution in [0.15, 0.2) is 11.4 Å². The summed E-state index contributed by atoms with van der Waals surface area (Å²) in [7, 11) is 1.97. The molecule has 0 radical (unpaired) electrons. The molecule has 0 amide bonds. The Bertz CT molecular complexity index is 181. The molecule has 0 unspecified atom stereocenters. The molecule has 0 aliphatic rings. The summed E-state index contributed by atoms with van der Waals surface area (Å²) in [4.78, 5) is 1.44. The third-order valence-electron chi connectivity index (χ3n) is 1.31. The van der Waals surface area contributed by atoms with Crippen molar-refractivity contribution in [1.29, 1.82) is 0 Å². The molecular formula is C9H17NS. The fraction of sp³-hybridized carbons (Fsp3) is 0.556. The van der Waals surface area contributed by atoms with E-state index < -0.39 is 0 Å². The Kier molecular flexibility index (Phi) is 6.18. The largest absolute Gasteiger partial charge is 0.315 e. The third-order valence-corrected chi connectivity index (χ3v) is 2.33. The fourth-order valence-electron chi connectivity index (χ4n) is 0.746. The van der Waals surface area contributed by atoms with Gasteiger partial charge in [-0.05, 0) is 31.0 Å². The molecule has 0 aliphatic heterocycles. The van der Waals surface area contributed by atoms with Crippen LogP contribution in [0.5, 0.6) is 0 Å². The second kappa shape index (κ2) is 6.38. The van der Waals surface area contributed by atoms with Crippen LogP contribution in [0.25, 0.3) is 0 Å². The minimum absolute atomic E-state index is 1.00. The van der Waals surface area contributed by atoms with E-state index >= 15 is 0 Å². The highest BCUT2D eigenvalue weighted by molar-refractivity contribution is 7.10. The van der Waals surface area contributed by atoms with Crippen LogP contribution in [0.1, 0.15) is 24.3 Å². The van der Waals surface area contributed by atoms with Crippen LogP contribution in [0, 0.1) is 6.92 Å². The van der Waals surface area contributed by atoms with Gasteiger partial charge in [0.1, 0.15) is 0 Å². The summed E-state index contributed by atoms with van der Waals surface area (Å²) >= 11 is 1.81. The van der Waals surface area contributed by atoms with E-state index in [2.05, 4.69) is 23.7 Å². The van der Waals surface area contributed by atoms with E-state index in [0.717, 1.165) is 6.54 Å². The molecule has 0 saturated carbocycles. The van der Waals surface area contributed by atoms with Crippen molar-refractivity contribution < 1.29 is 0 Å². The monoisotopic (exact) mass is 171 g/mol. The first kappa shape index (κ1) is 10.7. The zero-order valence-corrected chi connectivity index (χ0v) is 8.59. The van der Waals surface area contributed by atoms with Crippen molar-refractivity contribution in [3.8, 4) is 0 Å². The number of aryl methyl sites for hydroxylation is 1. The van der Waals surface area contributed by atoms with Crippen LogP contribution < -0.4 is 5.32 Å². The summed E-state index contributed by atoms with van der Waals surface area (Å²) in [6, 6.07) is 2.15. The minimum atomic E-state index is 1.00. The van der Waals surface area contributed by atoms with Crippen LogP contribution in [0.4, 0.5) is 0 Å². The van der Waals surface area contributed by atoms with E-state index in [4.69, 9.17) is 0 Å². The van der Waals surface area contributed by atoms with Gasteiger partial charge in [0.2, 0.25) is 0 Å². The number of nitrogens with one attached hydrogen (secondary N) is 1. The van der Waals surface area contributed by atoms with E-state index in [1.165, 1.54) is 10.4 Å². The summed E-state index contributed by atoms with van der Waals surface area (Å²) in [5.74, 6) is 0. The van der Waals surface area contributed by atoms with Gasteiger partial charge in [-0.15, -0.1) is 11.3 Å². The van der Waals surface area contributed by atoms with E-state index in [9.17, 15) is 0 Å². The first-order valence-electron chi connectivity index (χ1n) is 4.02. The molecule has 1 N–H and O–H groups in total. The van der Waals surface area contributed by atoms with Gasteiger partial charge in [0.25, 0.3) is 0 Å². The average Bonchev–Trinajstić information content (AvgIpc) is 2.42. The van der Waals surface area contributed by atoms with Crippen molar-refractivity contribution in [2.24, 2.45) is 0 Å². The van der Waals surface area contributed by atoms with Crippen molar-refractivity contribution >= 4 is 11.3 Å². The van der Waals surface area contributed by atoms with Crippen LogP contribution in [-0.2, 0) is 6.54 Å². The SMILES string of the molecule is CC.CNCc1sccc1C. The van der Waals surface area contributed by atoms with Crippen molar-refractivity contribution in [3.05, 3.63) is 21.9 Å². The zero-order valence-electron chi connectivity index (χ0n) is 7.77. The molecule has 1 aromatic heterocycles. The van der Waals surface area contributed by atoms with Gasteiger partial charge in [-0.25, -0.2) is 0 Å². The molecule has 1 heterocycles. The van der Waals surface area contributed by atoms with Crippen LogP contribution in [0.2, 0.25) is 0 Å². The normalized spacial score (nSPS) is 8.73. The second-order valence-corrected chi connectivity index (χ2v) is 3.06. The average molecular weight is 171 g/mol. The van der Waals surface area contributed by atoms with E-state index in [1.54, 1.807) is 0 Å². The van der Waals surface area contributed by atoms with Crippen molar-refractivity contribution in [2.45, 2.75) is 27.3 Å². The Balaban J connectivity index is 0.000000461. The van der Waals surface area contributed by atoms with Gasteiger partial charge in [-0.2, -0.15) is 0 Å². The van der Waals surface area contributed by atoms with Gasteiger partial charge >= 0.3 is 0 Å². The molecule has 0 spiro atoms. The lowest BCUT2D eigenvalue weighted by Crippen LogP contribution is -2.03. The van der Waals surface area contributed by atoms with Gasteiger partial charge < -0.3 is 5.32 Å². The molecule has 0 fully saturated rings. The summed E-state index contributed by atoms with van der Waals surface area (Å²) < 4.78 is 0. The maximum atomic E-state index is 3.12. The molecule has 0 saturated heterocycles. The zero-order chi connectivity index (χ0) is 8.69. The maximum Gasteiger partial charge on any atom is 0.0299 e. The maximum absolute atomic E-state index is 3.12. The molecule has 64 valence electrons. The molecular weight excluding hydrogens is 154 g/mol. The quantitative estimate of drug-likeness (QED) is 0.721. The van der Waals surface area contributed by atoms with Crippen LogP contribution >= 0.6 is 11.3 Å². The highest BCUT2D eigenvalue weighted by atomic mass is 32.1. The van der Waals surface area contributed by atoms with Crippen LogP contribution in [0.3, 0.4) is 0 Å². The van der Waals surface area contributed by atoms with Crippen molar-refractivity contribution in [3.63, 3.8) is 0 Å². The summed E-state index contributed by atoms with van der Waals surface area (Å²) in [6.45, 7) is 7.15.